The molecular weight excluding hydrogens is 681 g/mol. The molecule has 0 aliphatic heterocycles. The molecule has 2 aliphatic rings. The molecule has 5 rings (SSSR count). The Morgan fingerprint density at radius 2 is 1.51 bits per heavy atom. The molecule has 2 saturated carbocycles. The van der Waals surface area contributed by atoms with Crippen molar-refractivity contribution in [3.63, 3.8) is 0 Å². The molecular formula is C31H42N5O11PS. The molecule has 16 nitrogen and oxygen atoms in total. The van der Waals surface area contributed by atoms with Crippen molar-refractivity contribution in [1.82, 2.24) is 19.5 Å². The number of carbonyl (C=O) groups is 2. The Kier molecular flexibility index (Phi) is 13.2. The summed E-state index contributed by atoms with van der Waals surface area (Å²) >= 11 is 1.35. The molecule has 18 heteroatoms. The number of esters is 2. The Hall–Kier alpha value is -3.31. The van der Waals surface area contributed by atoms with Crippen LogP contribution in [0.4, 0.5) is 5.95 Å². The first-order valence-electron chi connectivity index (χ1n) is 16.2. The van der Waals surface area contributed by atoms with E-state index >= 15 is 0 Å². The number of anilines is 1. The number of hydrogen-bond donors (Lipinski definition) is 3. The van der Waals surface area contributed by atoms with Crippen LogP contribution in [-0.2, 0) is 44.0 Å². The number of ether oxygens (including phenoxy) is 4. The van der Waals surface area contributed by atoms with Gasteiger partial charge in [-0.05, 0) is 75.6 Å². The average molecular weight is 724 g/mol. The number of nitrogen functional groups attached to an aromatic ring is 1. The summed E-state index contributed by atoms with van der Waals surface area (Å²) in [7, 11) is -3.08. The molecule has 0 saturated heterocycles. The van der Waals surface area contributed by atoms with Crippen LogP contribution in [0.1, 0.15) is 64.2 Å². The topological polar surface area (TPSA) is 217 Å². The smallest absolute Gasteiger partial charge is 0.363 e. The van der Waals surface area contributed by atoms with Crippen LogP contribution in [0.15, 0.2) is 40.5 Å². The summed E-state index contributed by atoms with van der Waals surface area (Å²) in [5, 5.41) is 21.4. The molecule has 2 fully saturated rings. The van der Waals surface area contributed by atoms with Crippen molar-refractivity contribution < 1.29 is 52.4 Å². The van der Waals surface area contributed by atoms with Gasteiger partial charge in [-0.1, -0.05) is 24.6 Å². The lowest BCUT2D eigenvalue weighted by Crippen LogP contribution is -2.33. The Balaban J connectivity index is 1.22. The number of benzene rings is 1. The molecule has 0 radical (unpaired) electrons. The molecule has 2 atom stereocenters. The van der Waals surface area contributed by atoms with Crippen molar-refractivity contribution in [2.45, 2.75) is 105 Å². The third-order valence-electron chi connectivity index (χ3n) is 8.04. The van der Waals surface area contributed by atoms with Gasteiger partial charge in [-0.25, -0.2) is 19.6 Å². The first kappa shape index (κ1) is 37.0. The number of imidazole rings is 1. The summed E-state index contributed by atoms with van der Waals surface area (Å²) in [6.45, 7) is 0.0242. The van der Waals surface area contributed by atoms with E-state index in [1.807, 2.05) is 24.3 Å². The number of nitrogens with two attached hydrogens (primary N) is 1. The molecule has 0 amide bonds. The number of methoxy groups -OCH3 is 1. The molecule has 2 heterocycles. The quantitative estimate of drug-likeness (QED) is 0.0622. The van der Waals surface area contributed by atoms with Gasteiger partial charge in [0.15, 0.2) is 5.65 Å². The number of fused-ring (bicyclic) bond motifs is 1. The van der Waals surface area contributed by atoms with Crippen LogP contribution in [0.5, 0.6) is 5.75 Å². The minimum atomic E-state index is -4.67. The highest BCUT2D eigenvalue weighted by Crippen LogP contribution is 2.50. The summed E-state index contributed by atoms with van der Waals surface area (Å²) in [5.74, 6) is -1.59. The van der Waals surface area contributed by atoms with Gasteiger partial charge in [-0.2, -0.15) is 4.98 Å². The normalized spacial score (nSPS) is 18.4. The minimum Gasteiger partial charge on any atom is -0.497 e. The van der Waals surface area contributed by atoms with Crippen LogP contribution in [0.2, 0.25) is 0 Å². The molecule has 3 aromatic rings. The van der Waals surface area contributed by atoms with E-state index in [0.29, 0.717) is 47.6 Å². The highest BCUT2D eigenvalue weighted by Gasteiger charge is 2.39. The fraction of sp³-hybridized carbons (Fsp3) is 0.581. The number of aromatic nitrogens is 4. The predicted molar refractivity (Wildman–Crippen MR) is 175 cm³/mol. The Bertz CT molecular complexity index is 1550. The molecule has 0 bridgehead atoms. The number of nitrogens with zero attached hydrogens (tertiary/aromatic N) is 4. The van der Waals surface area contributed by atoms with Gasteiger partial charge in [-0.3, -0.25) is 13.6 Å². The SMILES string of the molecule is COc1ccc(Sc2nc(N)nc3c2ncn3CCOCP(=O)(OC(O)C(=O)OC2CCCCC2)OC(O)C(=O)OC2CCCCC2)cc1. The maximum absolute atomic E-state index is 13.7. The molecule has 4 N–H and O–H groups in total. The molecule has 268 valence electrons. The maximum atomic E-state index is 13.7. The zero-order chi connectivity index (χ0) is 34.8. The lowest BCUT2D eigenvalue weighted by molar-refractivity contribution is -0.184. The molecule has 2 unspecified atom stereocenters. The van der Waals surface area contributed by atoms with E-state index in [2.05, 4.69) is 15.0 Å². The van der Waals surface area contributed by atoms with Gasteiger partial charge in [0, 0.05) is 11.4 Å². The third kappa shape index (κ3) is 10.6. The zero-order valence-corrected chi connectivity index (χ0v) is 28.9. The van der Waals surface area contributed by atoms with Crippen LogP contribution < -0.4 is 10.5 Å². The Labute approximate surface area is 287 Å². The second-order valence-corrected chi connectivity index (χ2v) is 14.7. The minimum absolute atomic E-state index is 0.0284. The number of rotatable bonds is 16. The Morgan fingerprint density at radius 3 is 2.06 bits per heavy atom. The van der Waals surface area contributed by atoms with Crippen molar-refractivity contribution in [2.75, 3.05) is 25.8 Å². The van der Waals surface area contributed by atoms with Crippen LogP contribution in [0, 0.1) is 0 Å². The Morgan fingerprint density at radius 1 is 0.939 bits per heavy atom. The number of aliphatic hydroxyl groups is 2. The maximum Gasteiger partial charge on any atom is 0.363 e. The second kappa shape index (κ2) is 17.6. The largest absolute Gasteiger partial charge is 0.497 e. The predicted octanol–water partition coefficient (Wildman–Crippen LogP) is 4.16. The highest BCUT2D eigenvalue weighted by molar-refractivity contribution is 7.99. The van der Waals surface area contributed by atoms with Crippen LogP contribution in [-0.4, -0.2) is 86.5 Å². The molecule has 1 aromatic carbocycles. The number of carbonyl (C=O) groups excluding carboxylic acids is 2. The molecule has 0 spiro atoms. The molecule has 49 heavy (non-hydrogen) atoms. The molecule has 2 aliphatic carbocycles. The summed E-state index contributed by atoms with van der Waals surface area (Å²) in [4.78, 5) is 39.1. The van der Waals surface area contributed by atoms with Crippen molar-refractivity contribution >= 4 is 48.4 Å². The summed E-state index contributed by atoms with van der Waals surface area (Å²) in [5.41, 5.74) is 6.92. The summed E-state index contributed by atoms with van der Waals surface area (Å²) < 4.78 is 47.0. The van der Waals surface area contributed by atoms with Gasteiger partial charge >= 0.3 is 19.5 Å². The van der Waals surface area contributed by atoms with Crippen molar-refractivity contribution in [2.24, 2.45) is 0 Å². The fourth-order valence-corrected chi connectivity index (χ4v) is 7.73. The first-order valence-corrected chi connectivity index (χ1v) is 18.8. The van der Waals surface area contributed by atoms with E-state index in [-0.39, 0.29) is 19.1 Å². The third-order valence-corrected chi connectivity index (χ3v) is 10.6. The van der Waals surface area contributed by atoms with Gasteiger partial charge < -0.3 is 39.5 Å². The first-order chi connectivity index (χ1) is 23.6. The standard InChI is InChI=1S/C31H42N5O11PS/c1-42-20-12-14-23(15-13-20)49-26-24-25(34-31(32)35-26)36(18-33-24)16-17-43-19-48(41,46-29(39)27(37)44-21-8-4-2-5-9-21)47-30(40)28(38)45-22-10-6-3-7-11-22/h12-15,18,21-22,29-30,39-40H,2-11,16-17,19H2,1H3,(H2,32,34,35). The summed E-state index contributed by atoms with van der Waals surface area (Å²) in [6.07, 6.45) is 3.23. The average Bonchev–Trinajstić information content (AvgIpc) is 3.50. The van der Waals surface area contributed by atoms with Gasteiger partial charge in [0.2, 0.25) is 5.95 Å². The van der Waals surface area contributed by atoms with Gasteiger partial charge in [0.1, 0.15) is 34.8 Å². The number of hydrogen-bond acceptors (Lipinski definition) is 16. The lowest BCUT2D eigenvalue weighted by atomic mass is 9.98. The van der Waals surface area contributed by atoms with Crippen molar-refractivity contribution in [3.05, 3.63) is 30.6 Å². The highest BCUT2D eigenvalue weighted by atomic mass is 32.2. The summed E-state index contributed by atoms with van der Waals surface area (Å²) in [6, 6.07) is 7.40. The monoisotopic (exact) mass is 723 g/mol. The van der Waals surface area contributed by atoms with Gasteiger partial charge in [0.25, 0.3) is 12.6 Å². The van der Waals surface area contributed by atoms with Gasteiger partial charge in [-0.15, -0.1) is 0 Å². The van der Waals surface area contributed by atoms with E-state index in [9.17, 15) is 24.4 Å². The van der Waals surface area contributed by atoms with Crippen molar-refractivity contribution in [3.8, 4) is 5.75 Å². The van der Waals surface area contributed by atoms with Crippen LogP contribution >= 0.6 is 19.4 Å². The van der Waals surface area contributed by atoms with Crippen molar-refractivity contribution in [1.29, 1.82) is 0 Å². The number of aliphatic hydroxyl groups excluding tert-OH is 2. The van der Waals surface area contributed by atoms with E-state index in [0.717, 1.165) is 43.4 Å². The van der Waals surface area contributed by atoms with E-state index < -0.39 is 50.7 Å². The zero-order valence-electron chi connectivity index (χ0n) is 27.2. The van der Waals surface area contributed by atoms with E-state index in [1.54, 1.807) is 11.7 Å². The molecule has 2 aromatic heterocycles. The second-order valence-electron chi connectivity index (χ2n) is 11.7. The van der Waals surface area contributed by atoms with Crippen LogP contribution in [0.25, 0.3) is 11.2 Å². The van der Waals surface area contributed by atoms with Gasteiger partial charge in [0.05, 0.1) is 20.0 Å². The lowest BCUT2D eigenvalue weighted by Gasteiger charge is -2.26. The van der Waals surface area contributed by atoms with E-state index in [1.165, 1.54) is 18.1 Å². The van der Waals surface area contributed by atoms with E-state index in [4.69, 9.17) is 33.7 Å². The van der Waals surface area contributed by atoms with Crippen LogP contribution in [0.3, 0.4) is 0 Å². The fourth-order valence-electron chi connectivity index (χ4n) is 5.55.